The van der Waals surface area contributed by atoms with Gasteiger partial charge in [-0.05, 0) is 63.1 Å². The summed E-state index contributed by atoms with van der Waals surface area (Å²) in [6, 6.07) is 8.54. The lowest BCUT2D eigenvalue weighted by atomic mass is 10.0. The van der Waals surface area contributed by atoms with Gasteiger partial charge in [-0.2, -0.15) is 0 Å². The zero-order valence-corrected chi connectivity index (χ0v) is 16.3. The minimum Gasteiger partial charge on any atom is -0.444 e. The molecule has 1 atom stereocenters. The number of rotatable bonds is 3. The summed E-state index contributed by atoms with van der Waals surface area (Å²) in [4.78, 5) is 17.6. The van der Waals surface area contributed by atoms with Gasteiger partial charge in [0.25, 0.3) is 0 Å². The summed E-state index contributed by atoms with van der Waals surface area (Å²) in [5, 5.41) is 5.49. The van der Waals surface area contributed by atoms with Crippen LogP contribution >= 0.6 is 11.9 Å². The number of pyridine rings is 1. The Morgan fingerprint density at radius 1 is 1.35 bits per heavy atom. The Morgan fingerprint density at radius 2 is 2.15 bits per heavy atom. The average Bonchev–Trinajstić information content (AvgIpc) is 3.25. The minimum atomic E-state index is -0.467. The molecule has 2 fully saturated rings. The number of alkyl carbamates (subject to hydrolysis) is 1. The number of carbonyl (C=O) groups is 1. The van der Waals surface area contributed by atoms with Gasteiger partial charge >= 0.3 is 6.09 Å². The van der Waals surface area contributed by atoms with Crippen molar-refractivity contribution < 1.29 is 9.53 Å². The highest BCUT2D eigenvalue weighted by atomic mass is 32.2. The molecule has 2 aliphatic rings. The summed E-state index contributed by atoms with van der Waals surface area (Å²) < 4.78 is 7.83. The van der Waals surface area contributed by atoms with Crippen LogP contribution < -0.4 is 5.32 Å². The first-order valence-electron chi connectivity index (χ1n) is 9.10. The molecule has 26 heavy (non-hydrogen) atoms. The van der Waals surface area contributed by atoms with Gasteiger partial charge in [0.2, 0.25) is 0 Å². The second kappa shape index (κ2) is 6.43. The molecular weight excluding hydrogens is 346 g/mol. The van der Waals surface area contributed by atoms with Crippen LogP contribution in [0.1, 0.15) is 33.6 Å². The summed E-state index contributed by atoms with van der Waals surface area (Å²) >= 11 is 1.78. The van der Waals surface area contributed by atoms with Crippen LogP contribution in [0.2, 0.25) is 0 Å². The quantitative estimate of drug-likeness (QED) is 0.818. The Morgan fingerprint density at radius 3 is 2.88 bits per heavy atom. The highest BCUT2D eigenvalue weighted by Gasteiger charge is 2.56. The third kappa shape index (κ3) is 3.67. The Balaban J connectivity index is 1.46. The number of hydrogen-bond donors (Lipinski definition) is 1. The molecule has 1 aliphatic carbocycles. The fourth-order valence-electron chi connectivity index (χ4n) is 3.62. The van der Waals surface area contributed by atoms with Gasteiger partial charge in [0.1, 0.15) is 5.60 Å². The van der Waals surface area contributed by atoms with E-state index in [9.17, 15) is 4.79 Å². The maximum absolute atomic E-state index is 12.2. The molecule has 4 rings (SSSR count). The number of benzene rings is 1. The zero-order chi connectivity index (χ0) is 18.4. The van der Waals surface area contributed by atoms with Crippen molar-refractivity contribution >= 4 is 28.8 Å². The van der Waals surface area contributed by atoms with Gasteiger partial charge in [0.05, 0.1) is 6.04 Å². The highest BCUT2D eigenvalue weighted by Crippen LogP contribution is 2.54. The van der Waals surface area contributed by atoms with Gasteiger partial charge in [-0.15, -0.1) is 0 Å². The van der Waals surface area contributed by atoms with Crippen LogP contribution in [0.3, 0.4) is 0 Å². The number of nitrogens with zero attached hydrogens (tertiary/aromatic N) is 2. The Kier molecular flexibility index (Phi) is 4.35. The maximum atomic E-state index is 12.2. The Labute approximate surface area is 158 Å². The molecule has 0 bridgehead atoms. The first-order valence-corrected chi connectivity index (χ1v) is 9.87. The van der Waals surface area contributed by atoms with E-state index < -0.39 is 5.60 Å². The fraction of sp³-hybridized carbons (Fsp3) is 0.500. The van der Waals surface area contributed by atoms with Crippen molar-refractivity contribution in [2.24, 2.45) is 5.41 Å². The number of amides is 1. The lowest BCUT2D eigenvalue weighted by Gasteiger charge is -2.24. The van der Waals surface area contributed by atoms with Crippen LogP contribution in [-0.2, 0) is 4.74 Å². The lowest BCUT2D eigenvalue weighted by molar-refractivity contribution is 0.0493. The van der Waals surface area contributed by atoms with Crippen LogP contribution in [0, 0.1) is 5.41 Å². The van der Waals surface area contributed by atoms with Crippen molar-refractivity contribution in [3.8, 4) is 0 Å². The molecule has 1 aliphatic heterocycles. The van der Waals surface area contributed by atoms with Gasteiger partial charge in [0, 0.05) is 41.2 Å². The van der Waals surface area contributed by atoms with Crippen LogP contribution in [-0.4, -0.2) is 40.1 Å². The van der Waals surface area contributed by atoms with E-state index in [1.54, 1.807) is 11.9 Å². The average molecular weight is 372 g/mol. The molecule has 1 saturated heterocycles. The first kappa shape index (κ1) is 17.6. The molecule has 1 N–H and O–H groups in total. The second-order valence-electron chi connectivity index (χ2n) is 8.33. The number of fused-ring (bicyclic) bond motifs is 1. The SMILES string of the molecule is CC(C)(C)OC(=O)NC1CN(Sc2cccc3cnccc23)CC12CC2. The third-order valence-electron chi connectivity index (χ3n) is 5.07. The van der Waals surface area contributed by atoms with E-state index in [0.717, 1.165) is 18.5 Å². The van der Waals surface area contributed by atoms with Crippen molar-refractivity contribution in [1.82, 2.24) is 14.6 Å². The van der Waals surface area contributed by atoms with Gasteiger partial charge in [-0.3, -0.25) is 4.98 Å². The van der Waals surface area contributed by atoms with Crippen LogP contribution in [0.5, 0.6) is 0 Å². The Hall–Kier alpha value is -1.79. The predicted octanol–water partition coefficient (Wildman–Crippen LogP) is 4.23. The van der Waals surface area contributed by atoms with E-state index in [1.807, 2.05) is 33.2 Å². The van der Waals surface area contributed by atoms with Crippen LogP contribution in [0.15, 0.2) is 41.6 Å². The summed E-state index contributed by atoms with van der Waals surface area (Å²) in [6.07, 6.45) is 5.77. The molecule has 2 aromatic rings. The summed E-state index contributed by atoms with van der Waals surface area (Å²) in [7, 11) is 0. The number of aromatic nitrogens is 1. The summed E-state index contributed by atoms with van der Waals surface area (Å²) in [5.41, 5.74) is -0.249. The van der Waals surface area contributed by atoms with E-state index in [2.05, 4.69) is 38.9 Å². The van der Waals surface area contributed by atoms with Gasteiger partial charge < -0.3 is 10.1 Å². The van der Waals surface area contributed by atoms with Crippen molar-refractivity contribution in [3.63, 3.8) is 0 Å². The molecule has 1 aromatic heterocycles. The number of carbonyl (C=O) groups excluding carboxylic acids is 1. The van der Waals surface area contributed by atoms with Gasteiger partial charge in [0.15, 0.2) is 0 Å². The molecular formula is C20H25N3O2S. The first-order chi connectivity index (χ1) is 12.3. The Bertz CT molecular complexity index is 824. The molecule has 0 radical (unpaired) electrons. The van der Waals surface area contributed by atoms with Crippen molar-refractivity contribution in [3.05, 3.63) is 36.7 Å². The fourth-order valence-corrected chi connectivity index (χ4v) is 4.87. The lowest BCUT2D eigenvalue weighted by Crippen LogP contribution is -2.43. The molecule has 2 heterocycles. The number of ether oxygens (including phenoxy) is 1. The smallest absolute Gasteiger partial charge is 0.407 e. The maximum Gasteiger partial charge on any atom is 0.407 e. The molecule has 1 amide bonds. The largest absolute Gasteiger partial charge is 0.444 e. The van der Waals surface area contributed by atoms with E-state index in [-0.39, 0.29) is 17.6 Å². The van der Waals surface area contributed by atoms with Crippen molar-refractivity contribution in [1.29, 1.82) is 0 Å². The van der Waals surface area contributed by atoms with Gasteiger partial charge in [-0.25, -0.2) is 9.10 Å². The number of hydrogen-bond acceptors (Lipinski definition) is 5. The molecule has 1 spiro atoms. The standard InChI is InChI=1S/C20H25N3O2S/c1-19(2,3)25-18(24)22-17-12-23(13-20(17)8-9-20)26-16-6-4-5-14-11-21-10-7-15(14)16/h4-7,10-11,17H,8-9,12-13H2,1-3H3,(H,22,24). The van der Waals surface area contributed by atoms with Gasteiger partial charge in [-0.1, -0.05) is 12.1 Å². The molecule has 1 aromatic carbocycles. The molecule has 138 valence electrons. The molecule has 1 saturated carbocycles. The highest BCUT2D eigenvalue weighted by molar-refractivity contribution is 7.97. The van der Waals surface area contributed by atoms with E-state index in [0.29, 0.717) is 0 Å². The van der Waals surface area contributed by atoms with E-state index >= 15 is 0 Å². The zero-order valence-electron chi connectivity index (χ0n) is 15.5. The monoisotopic (exact) mass is 371 g/mol. The van der Waals surface area contributed by atoms with Crippen LogP contribution in [0.25, 0.3) is 10.8 Å². The molecule has 1 unspecified atom stereocenters. The van der Waals surface area contributed by atoms with Crippen LogP contribution in [0.4, 0.5) is 4.79 Å². The summed E-state index contributed by atoms with van der Waals surface area (Å²) in [5.74, 6) is 0. The normalized spacial score (nSPS) is 21.9. The number of nitrogens with one attached hydrogen (secondary N) is 1. The predicted molar refractivity (Wildman–Crippen MR) is 104 cm³/mol. The molecule has 6 heteroatoms. The third-order valence-corrected chi connectivity index (χ3v) is 6.16. The topological polar surface area (TPSA) is 54.5 Å². The summed E-state index contributed by atoms with van der Waals surface area (Å²) in [6.45, 7) is 7.52. The van der Waals surface area contributed by atoms with E-state index in [4.69, 9.17) is 4.74 Å². The second-order valence-corrected chi connectivity index (χ2v) is 9.47. The molecule has 5 nitrogen and oxygen atoms in total. The van der Waals surface area contributed by atoms with E-state index in [1.165, 1.54) is 23.1 Å². The van der Waals surface area contributed by atoms with Crippen molar-refractivity contribution in [2.45, 2.75) is 50.2 Å². The minimum absolute atomic E-state index is 0.154. The van der Waals surface area contributed by atoms with Crippen molar-refractivity contribution in [2.75, 3.05) is 13.1 Å².